The monoisotopic (exact) mass is 372 g/mol. The molecule has 0 atom stereocenters. The molecule has 1 aromatic rings. The van der Waals surface area contributed by atoms with E-state index in [0.29, 0.717) is 0 Å². The van der Waals surface area contributed by atoms with Gasteiger partial charge in [-0.05, 0) is 94.7 Å². The fourth-order valence-corrected chi connectivity index (χ4v) is 14.2. The Hall–Kier alpha value is -0.420. The molecule has 3 fully saturated rings. The molecule has 1 aromatic heterocycles. The van der Waals surface area contributed by atoms with Gasteiger partial charge in [0.05, 0.1) is 23.1 Å². The molecule has 0 N–H and O–H groups in total. The third-order valence-corrected chi connectivity index (χ3v) is 14.5. The molecule has 2 heteroatoms. The zero-order valence-corrected chi connectivity index (χ0v) is 17.6. The Morgan fingerprint density at radius 3 is 1.38 bits per heavy atom. The molecule has 26 heavy (non-hydrogen) atoms. The topological polar surface area (TPSA) is 12.9 Å². The lowest BCUT2D eigenvalue weighted by Gasteiger charge is -2.49. The van der Waals surface area contributed by atoms with E-state index in [9.17, 15) is 0 Å². The second-order valence-corrected chi connectivity index (χ2v) is 13.9. The van der Waals surface area contributed by atoms with Crippen LogP contribution in [0.4, 0.5) is 0 Å². The van der Waals surface area contributed by atoms with Crippen molar-refractivity contribution < 1.29 is 0 Å². The summed E-state index contributed by atoms with van der Waals surface area (Å²) in [6.07, 6.45) is 28.5. The second kappa shape index (κ2) is 9.18. The lowest BCUT2D eigenvalue weighted by atomic mass is 9.99. The Morgan fingerprint density at radius 2 is 1.00 bits per heavy atom. The van der Waals surface area contributed by atoms with Gasteiger partial charge in [0.15, 0.2) is 0 Å². The van der Waals surface area contributed by atoms with Gasteiger partial charge < -0.3 is 0 Å². The summed E-state index contributed by atoms with van der Waals surface area (Å²) in [6, 6.07) is 4.70. The fourth-order valence-electron chi connectivity index (χ4n) is 6.77. The highest BCUT2D eigenvalue weighted by Gasteiger charge is 2.56. The number of nitrogens with zero attached hydrogens (tertiary/aromatic N) is 1. The molecule has 4 rings (SSSR count). The smallest absolute Gasteiger partial charge is 0.0852 e. The Bertz CT molecular complexity index is 479. The summed E-state index contributed by atoms with van der Waals surface area (Å²) in [5.74, 6) is 0. The minimum atomic E-state index is -0.972. The van der Waals surface area contributed by atoms with Gasteiger partial charge in [-0.3, -0.25) is 4.98 Å². The van der Waals surface area contributed by atoms with Gasteiger partial charge in [-0.25, -0.2) is 0 Å². The van der Waals surface area contributed by atoms with Crippen molar-refractivity contribution in [3.8, 4) is 0 Å². The molecule has 3 saturated carbocycles. The molecule has 0 spiro atoms. The van der Waals surface area contributed by atoms with Crippen LogP contribution in [0, 0.1) is 0 Å². The van der Waals surface area contributed by atoms with E-state index in [4.69, 9.17) is 0 Å². The van der Waals surface area contributed by atoms with Crippen LogP contribution in [0.25, 0.3) is 0 Å². The third kappa shape index (κ3) is 4.04. The van der Waals surface area contributed by atoms with Crippen LogP contribution in [-0.4, -0.2) is 22.0 Å². The Balaban J connectivity index is 1.71. The fraction of sp³-hybridized carbons (Fsp3) is 0.792. The molecule has 0 aromatic carbocycles. The Morgan fingerprint density at radius 1 is 0.615 bits per heavy atom. The van der Waals surface area contributed by atoms with E-state index in [0.717, 1.165) is 17.0 Å². The third-order valence-electron chi connectivity index (χ3n) is 7.97. The van der Waals surface area contributed by atoms with Gasteiger partial charge in [-0.15, -0.1) is 0 Å². The molecule has 1 heterocycles. The van der Waals surface area contributed by atoms with Gasteiger partial charge in [-0.1, -0.05) is 19.3 Å². The molecule has 0 bridgehead atoms. The summed E-state index contributed by atoms with van der Waals surface area (Å²) in [7, 11) is -0.972. The van der Waals surface area contributed by atoms with E-state index < -0.39 is 7.26 Å². The second-order valence-electron chi connectivity index (χ2n) is 9.38. The molecule has 1 nitrogen and oxygen atoms in total. The highest BCUT2D eigenvalue weighted by Crippen LogP contribution is 2.78. The van der Waals surface area contributed by atoms with Crippen LogP contribution >= 0.6 is 7.26 Å². The van der Waals surface area contributed by atoms with Crippen molar-refractivity contribution in [2.75, 3.05) is 0 Å². The van der Waals surface area contributed by atoms with E-state index in [1.807, 2.05) is 12.4 Å². The van der Waals surface area contributed by atoms with Gasteiger partial charge in [-0.2, -0.15) is 0 Å². The first-order valence-electron chi connectivity index (χ1n) is 11.7. The van der Waals surface area contributed by atoms with E-state index >= 15 is 0 Å². The van der Waals surface area contributed by atoms with Crippen molar-refractivity contribution >= 4 is 7.26 Å². The van der Waals surface area contributed by atoms with E-state index in [1.54, 1.807) is 44.1 Å². The molecule has 3 aliphatic rings. The van der Waals surface area contributed by atoms with Crippen molar-refractivity contribution in [3.05, 3.63) is 30.1 Å². The number of hydrogen-bond acceptors (Lipinski definition) is 1. The molecular weight excluding hydrogens is 333 g/mol. The number of aromatic nitrogens is 1. The van der Waals surface area contributed by atoms with Gasteiger partial charge in [0.1, 0.15) is 0 Å². The minimum Gasteiger partial charge on any atom is -0.265 e. The van der Waals surface area contributed by atoms with E-state index in [-0.39, 0.29) is 0 Å². The van der Waals surface area contributed by atoms with Crippen LogP contribution in [0.2, 0.25) is 0 Å². The molecular formula is C24H39NP+. The van der Waals surface area contributed by atoms with Crippen molar-refractivity contribution in [2.45, 2.75) is 119 Å². The molecule has 3 aliphatic carbocycles. The van der Waals surface area contributed by atoms with Crippen LogP contribution in [0.1, 0.15) is 102 Å². The first-order valence-corrected chi connectivity index (χ1v) is 13.8. The van der Waals surface area contributed by atoms with Crippen molar-refractivity contribution in [1.82, 2.24) is 4.98 Å². The normalized spacial score (nSPS) is 24.6. The van der Waals surface area contributed by atoms with Crippen LogP contribution in [0.3, 0.4) is 0 Å². The highest BCUT2D eigenvalue weighted by atomic mass is 31.2. The molecule has 0 aliphatic heterocycles. The average Bonchev–Trinajstić information content (AvgIpc) is 2.75. The Labute approximate surface area is 162 Å². The molecule has 144 valence electrons. The molecule has 0 radical (unpaired) electrons. The predicted octanol–water partition coefficient (Wildman–Crippen LogP) is 7.60. The van der Waals surface area contributed by atoms with Gasteiger partial charge >= 0.3 is 0 Å². The molecule has 0 unspecified atom stereocenters. The summed E-state index contributed by atoms with van der Waals surface area (Å²) in [4.78, 5) is 4.33. The van der Waals surface area contributed by atoms with Crippen LogP contribution in [0.5, 0.6) is 0 Å². The summed E-state index contributed by atoms with van der Waals surface area (Å²) in [5.41, 5.74) is 4.90. The quantitative estimate of drug-likeness (QED) is 0.485. The van der Waals surface area contributed by atoms with Crippen LogP contribution < -0.4 is 0 Å². The number of hydrogen-bond donors (Lipinski definition) is 0. The Kier molecular flexibility index (Phi) is 6.68. The largest absolute Gasteiger partial charge is 0.265 e. The summed E-state index contributed by atoms with van der Waals surface area (Å²) in [6.45, 7) is 0. The van der Waals surface area contributed by atoms with Crippen molar-refractivity contribution in [1.29, 1.82) is 0 Å². The summed E-state index contributed by atoms with van der Waals surface area (Å²) in [5, 5.41) is 0. The maximum absolute atomic E-state index is 4.33. The summed E-state index contributed by atoms with van der Waals surface area (Å²) < 4.78 is 0. The van der Waals surface area contributed by atoms with Crippen molar-refractivity contribution in [3.63, 3.8) is 0 Å². The zero-order valence-electron chi connectivity index (χ0n) is 16.7. The minimum absolute atomic E-state index is 0.972. The van der Waals surface area contributed by atoms with Gasteiger partial charge in [0, 0.05) is 19.7 Å². The maximum atomic E-state index is 4.33. The van der Waals surface area contributed by atoms with Crippen LogP contribution in [-0.2, 0) is 6.16 Å². The van der Waals surface area contributed by atoms with Crippen LogP contribution in [0.15, 0.2) is 24.5 Å². The molecule has 0 saturated heterocycles. The SMILES string of the molecule is c1cc(C[P+](C2CCCCC2)(C2CCCCC2)C2CCCCC2)ccn1. The molecule has 0 amide bonds. The lowest BCUT2D eigenvalue weighted by molar-refractivity contribution is 0.450. The van der Waals surface area contributed by atoms with E-state index in [1.165, 1.54) is 63.9 Å². The first kappa shape index (κ1) is 18.9. The maximum Gasteiger partial charge on any atom is 0.0852 e. The van der Waals surface area contributed by atoms with Gasteiger partial charge in [0.25, 0.3) is 0 Å². The lowest BCUT2D eigenvalue weighted by Crippen LogP contribution is -2.37. The number of rotatable bonds is 5. The zero-order chi connectivity index (χ0) is 17.7. The average molecular weight is 373 g/mol. The van der Waals surface area contributed by atoms with Crippen molar-refractivity contribution in [2.24, 2.45) is 0 Å². The highest BCUT2D eigenvalue weighted by molar-refractivity contribution is 7.77. The number of pyridine rings is 1. The van der Waals surface area contributed by atoms with E-state index in [2.05, 4.69) is 17.1 Å². The summed E-state index contributed by atoms with van der Waals surface area (Å²) >= 11 is 0. The van der Waals surface area contributed by atoms with Gasteiger partial charge in [0.2, 0.25) is 0 Å². The standard InChI is InChI=1S/C24H39NP/c1-4-10-22(11-5-1)26(23-12-6-2-7-13-23,24-14-8-3-9-15-24)20-21-16-18-25-19-17-21/h16-19,22-24H,1-15,20H2/q+1. The predicted molar refractivity (Wildman–Crippen MR) is 115 cm³/mol. The first-order chi connectivity index (χ1) is 12.9.